The lowest BCUT2D eigenvalue weighted by atomic mass is 9.50. The smallest absolute Gasteiger partial charge is 0.410 e. The Morgan fingerprint density at radius 3 is 2.33 bits per heavy atom. The van der Waals surface area contributed by atoms with E-state index in [4.69, 9.17) is 25.3 Å². The minimum absolute atomic E-state index is 0.0423. The first-order valence-corrected chi connectivity index (χ1v) is 35.9. The van der Waals surface area contributed by atoms with Gasteiger partial charge in [-0.15, -0.1) is 0 Å². The summed E-state index contributed by atoms with van der Waals surface area (Å²) in [5.41, 5.74) is 10.5. The van der Waals surface area contributed by atoms with E-state index in [0.717, 1.165) is 70.6 Å². The zero-order valence-electron chi connectivity index (χ0n) is 58.7. The molecular weight excluding hydrogens is 1320 g/mol. The number of aromatic nitrogens is 4. The zero-order chi connectivity index (χ0) is 73.0. The third-order valence-electron chi connectivity index (χ3n) is 19.8. The van der Waals surface area contributed by atoms with Gasteiger partial charge in [0.15, 0.2) is 16.6 Å². The van der Waals surface area contributed by atoms with Gasteiger partial charge in [-0.2, -0.15) is 5.10 Å². The van der Waals surface area contributed by atoms with Crippen molar-refractivity contribution in [2.45, 2.75) is 163 Å². The van der Waals surface area contributed by atoms with E-state index in [2.05, 4.69) is 47.0 Å². The van der Waals surface area contributed by atoms with Crippen LogP contribution >= 0.6 is 11.3 Å². The summed E-state index contributed by atoms with van der Waals surface area (Å²) in [7, 11) is 0. The van der Waals surface area contributed by atoms with E-state index >= 15 is 0 Å². The summed E-state index contributed by atoms with van der Waals surface area (Å²) in [5, 5.41) is 37.1. The molecule has 8 N–H and O–H groups in total. The average Bonchev–Trinajstić information content (AvgIpc) is 0.882. The molecule has 6 atom stereocenters. The summed E-state index contributed by atoms with van der Waals surface area (Å²) in [6, 6.07) is 21.7. The SMILES string of the molecule is Cc1c(-c2ccc(-c3ccc4c(c3)N(C(=O)Nc3nc5ccccc5s3)CCC4)nc2C(=O)O)cnn1CC12CC(C)CC(C)(C1)CC(C)(OCCN(CCC(=O)O)C(=O)OCc1ccc(NC(=O)[C@H](CCCNC(N)=O)CC(=O)[C@@H](NC(=O)CCCCCN3C(=O)C=CC3=O)C(C)C)cc1)C2. The van der Waals surface area contributed by atoms with Crippen molar-refractivity contribution in [3.05, 3.63) is 120 Å². The molecule has 0 saturated heterocycles. The number of pyridine rings is 1. The molecule has 5 heterocycles. The second-order valence-electron chi connectivity index (χ2n) is 28.8. The van der Waals surface area contributed by atoms with E-state index in [0.29, 0.717) is 89.9 Å². The molecule has 6 aromatic rings. The normalized spacial score (nSPS) is 19.8. The molecule has 4 aliphatic rings. The monoisotopic (exact) mass is 1420 g/mol. The fourth-order valence-corrected chi connectivity index (χ4v) is 16.7. The fraction of sp³-hybridized carbons (Fsp3) is 0.480. The largest absolute Gasteiger partial charge is 0.481 e. The standard InChI is InChI=1S/C75H92N12O14S/c1-46(2)65(82-61(89)18-8-7-11-31-86-62(90)27-28-63(86)91)59(88)37-52(14-12-30-77-69(76)97)67(94)79-53-23-19-49(20-24-53)41-100-72(99)84(33-29-64(92)93)34-35-101-74(6)42-73(5)38-47(3)39-75(43-73,44-74)45-87-48(4)55(40-78-87)54-25-26-56(80-66(54)68(95)96)51-22-21-50-15-13-32-85(58(50)36-51)71(98)83-70-81-57-16-9-10-17-60(57)102-70/h9-10,16-17,19-28,36,40,46-47,52,65H,7-8,11-15,18,29-35,37-39,41-45H2,1-6H3,(H,79,94)(H,82,89)(H,92,93)(H,95,96)(H3,76,77,97)(H,81,83,98)/t47?,52-,65+,73?,74?,75?/m1/s1. The van der Waals surface area contributed by atoms with E-state index < -0.39 is 47.5 Å². The van der Waals surface area contributed by atoms with Gasteiger partial charge in [-0.1, -0.05) is 81.9 Å². The number of nitrogens with one attached hydrogen (secondary N) is 4. The first-order valence-electron chi connectivity index (χ1n) is 35.1. The summed E-state index contributed by atoms with van der Waals surface area (Å²) in [5.74, 6) is -4.97. The van der Waals surface area contributed by atoms with Crippen LogP contribution in [0.15, 0.2) is 97.2 Å². The Kier molecular flexibility index (Phi) is 24.1. The lowest BCUT2D eigenvalue weighted by molar-refractivity contribution is -0.163. The number of rotatable bonds is 32. The van der Waals surface area contributed by atoms with Crippen LogP contribution in [0.3, 0.4) is 0 Å². The summed E-state index contributed by atoms with van der Waals surface area (Å²) in [6.07, 6.45) is 10.8. The Morgan fingerprint density at radius 2 is 1.61 bits per heavy atom. The van der Waals surface area contributed by atoms with Crippen molar-refractivity contribution in [2.75, 3.05) is 54.9 Å². The van der Waals surface area contributed by atoms with Gasteiger partial charge in [0, 0.05) is 104 Å². The Labute approximate surface area is 596 Å². The van der Waals surface area contributed by atoms with Crippen LogP contribution < -0.4 is 31.9 Å². The number of anilines is 3. The molecule has 102 heavy (non-hydrogen) atoms. The Balaban J connectivity index is 0.742. The number of nitrogens with two attached hydrogens (primary N) is 1. The molecule has 2 aliphatic heterocycles. The second kappa shape index (κ2) is 32.8. The van der Waals surface area contributed by atoms with E-state index in [9.17, 15) is 58.2 Å². The number of hydrogen-bond acceptors (Lipinski definition) is 16. The van der Waals surface area contributed by atoms with Crippen LogP contribution in [0, 0.1) is 35.5 Å². The van der Waals surface area contributed by atoms with Gasteiger partial charge in [-0.05, 0) is 161 Å². The number of para-hydroxylation sites is 1. The van der Waals surface area contributed by atoms with Crippen LogP contribution in [-0.4, -0.2) is 150 Å². The molecule has 2 fully saturated rings. The number of primary amides is 1. The average molecular weight is 1420 g/mol. The number of carbonyl (C=O) groups excluding carboxylic acids is 8. The van der Waals surface area contributed by atoms with Crippen LogP contribution in [0.2, 0.25) is 0 Å². The van der Waals surface area contributed by atoms with Crippen molar-refractivity contribution in [3.63, 3.8) is 0 Å². The van der Waals surface area contributed by atoms with E-state index in [1.54, 1.807) is 61.3 Å². The molecule has 10 rings (SSSR count). The van der Waals surface area contributed by atoms with Gasteiger partial charge in [-0.25, -0.2) is 29.1 Å². The first-order chi connectivity index (χ1) is 48.6. The van der Waals surface area contributed by atoms with Gasteiger partial charge in [-0.3, -0.25) is 48.6 Å². The third-order valence-corrected chi connectivity index (χ3v) is 20.8. The lowest BCUT2D eigenvalue weighted by Gasteiger charge is -2.59. The van der Waals surface area contributed by atoms with Gasteiger partial charge >= 0.3 is 30.1 Å². The Hall–Kier alpha value is -9.89. The predicted octanol–water partition coefficient (Wildman–Crippen LogP) is 11.3. The van der Waals surface area contributed by atoms with Crippen LogP contribution in [0.1, 0.15) is 152 Å². The first kappa shape index (κ1) is 74.8. The number of carbonyl (C=O) groups is 10. The Morgan fingerprint density at radius 1 is 0.843 bits per heavy atom. The minimum Gasteiger partial charge on any atom is -0.481 e. The number of imide groups is 1. The number of Topliss-reactive ketones (excluding diaryl/α,β-unsaturated/α-hetero) is 1. The van der Waals surface area contributed by atoms with E-state index in [1.807, 2.05) is 54.1 Å². The number of benzene rings is 3. The highest BCUT2D eigenvalue weighted by Gasteiger charge is 2.55. The highest BCUT2D eigenvalue weighted by atomic mass is 32.1. The number of aryl methyl sites for hydroxylation is 1. The number of fused-ring (bicyclic) bond motifs is 4. The van der Waals surface area contributed by atoms with Crippen LogP contribution in [0.25, 0.3) is 32.6 Å². The van der Waals surface area contributed by atoms with Crippen molar-refractivity contribution >= 4 is 97.6 Å². The molecule has 2 saturated carbocycles. The number of ether oxygens (including phenoxy) is 2. The number of ketones is 1. The number of nitrogens with zero attached hydrogens (tertiary/aromatic N) is 7. The Bertz CT molecular complexity index is 4120. The molecular formula is C75H92N12O14S. The van der Waals surface area contributed by atoms with Crippen molar-refractivity contribution in [3.8, 4) is 22.4 Å². The zero-order valence-corrected chi connectivity index (χ0v) is 59.5. The number of hydrogen-bond donors (Lipinski definition) is 7. The predicted molar refractivity (Wildman–Crippen MR) is 384 cm³/mol. The summed E-state index contributed by atoms with van der Waals surface area (Å²) >= 11 is 1.40. The van der Waals surface area contributed by atoms with Gasteiger partial charge in [0.1, 0.15) is 6.61 Å². The molecule has 2 aliphatic carbocycles. The number of amides is 9. The van der Waals surface area contributed by atoms with E-state index in [1.165, 1.54) is 28.4 Å². The fourth-order valence-electron chi connectivity index (χ4n) is 15.8. The van der Waals surface area contributed by atoms with Gasteiger partial charge < -0.3 is 46.3 Å². The number of unbranched alkanes of at least 4 members (excludes halogenated alkanes) is 2. The summed E-state index contributed by atoms with van der Waals surface area (Å²) < 4.78 is 15.6. The molecule has 3 aromatic heterocycles. The van der Waals surface area contributed by atoms with Gasteiger partial charge in [0.05, 0.1) is 46.8 Å². The topological polar surface area (TPSA) is 357 Å². The molecule has 542 valence electrons. The maximum atomic E-state index is 13.9. The maximum Gasteiger partial charge on any atom is 0.410 e. The number of thiazole rings is 1. The highest BCUT2D eigenvalue weighted by molar-refractivity contribution is 7.22. The highest BCUT2D eigenvalue weighted by Crippen LogP contribution is 2.61. The number of carboxylic acids is 2. The number of urea groups is 2. The van der Waals surface area contributed by atoms with Crippen LogP contribution in [0.4, 0.5) is 30.9 Å². The molecule has 26 nitrogen and oxygen atoms in total. The van der Waals surface area contributed by atoms with Crippen LogP contribution in [0.5, 0.6) is 0 Å². The van der Waals surface area contributed by atoms with Crippen molar-refractivity contribution in [1.82, 2.24) is 40.2 Å². The molecule has 2 bridgehead atoms. The molecule has 0 radical (unpaired) electrons. The van der Waals surface area contributed by atoms with Crippen molar-refractivity contribution in [2.24, 2.45) is 34.3 Å². The number of aliphatic carboxylic acids is 1. The summed E-state index contributed by atoms with van der Waals surface area (Å²) in [6.45, 7) is 13.4. The quantitative estimate of drug-likeness (QED) is 0.0152. The lowest BCUT2D eigenvalue weighted by Crippen LogP contribution is -2.54. The van der Waals surface area contributed by atoms with Gasteiger partial charge in [0.25, 0.3) is 11.8 Å². The molecule has 4 unspecified atom stereocenters. The molecule has 27 heteroatoms. The van der Waals surface area contributed by atoms with Gasteiger partial charge in [0.2, 0.25) is 11.8 Å². The van der Waals surface area contributed by atoms with Crippen molar-refractivity contribution in [1.29, 1.82) is 0 Å². The number of carboxylic acid groups (broad SMARTS) is 2. The number of aromatic carboxylic acids is 1. The molecule has 3 aromatic carbocycles. The maximum absolute atomic E-state index is 13.9. The third kappa shape index (κ3) is 19.0. The molecule has 9 amide bonds. The van der Waals surface area contributed by atoms with E-state index in [-0.39, 0.29) is 117 Å². The minimum atomic E-state index is -1.20. The van der Waals surface area contributed by atoms with Crippen LogP contribution in [-0.2, 0) is 57.8 Å². The molecule has 0 spiro atoms. The second-order valence-corrected chi connectivity index (χ2v) is 29.8. The van der Waals surface area contributed by atoms with Crippen molar-refractivity contribution < 1.29 is 67.6 Å². The summed E-state index contributed by atoms with van der Waals surface area (Å²) in [4.78, 5) is 142.